The largest absolute Gasteiger partial charge is 0.292 e. The van der Waals surface area contributed by atoms with Crippen LogP contribution < -0.4 is 0 Å². The first-order valence-electron chi connectivity index (χ1n) is 19.9. The SMILES string of the molecule is c1ccc(-c2ccc(-c3cc(-c4ccccc4)nc(-c4cc(-c5cc6ccccc6c6ccccc56)cc(-c5nc6ccccc6n5-c5ccccc5)c4)n3)cc2)cc1. The van der Waals surface area contributed by atoms with Gasteiger partial charge in [-0.15, -0.1) is 0 Å². The molecule has 0 unspecified atom stereocenters. The Bertz CT molecular complexity index is 3300. The summed E-state index contributed by atoms with van der Waals surface area (Å²) in [5, 5.41) is 4.82. The lowest BCUT2D eigenvalue weighted by atomic mass is 9.91. The van der Waals surface area contributed by atoms with Crippen LogP contribution in [0.5, 0.6) is 0 Å². The van der Waals surface area contributed by atoms with Crippen molar-refractivity contribution in [1.29, 1.82) is 0 Å². The molecule has 2 aromatic heterocycles. The molecule has 4 nitrogen and oxygen atoms in total. The molecule has 0 radical (unpaired) electrons. The third kappa shape index (κ3) is 6.34. The molecule has 0 amide bonds. The Morgan fingerprint density at radius 1 is 0.322 bits per heavy atom. The zero-order valence-corrected chi connectivity index (χ0v) is 32.1. The smallest absolute Gasteiger partial charge is 0.160 e. The predicted molar refractivity (Wildman–Crippen MR) is 244 cm³/mol. The highest BCUT2D eigenvalue weighted by atomic mass is 15.1. The molecule has 11 aromatic rings. The van der Waals surface area contributed by atoms with E-state index in [1.807, 2.05) is 18.2 Å². The molecule has 0 aliphatic heterocycles. The number of imidazole rings is 1. The summed E-state index contributed by atoms with van der Waals surface area (Å²) in [6, 6.07) is 76.9. The van der Waals surface area contributed by atoms with Gasteiger partial charge in [0.05, 0.1) is 22.4 Å². The molecule has 0 saturated heterocycles. The van der Waals surface area contributed by atoms with E-state index >= 15 is 0 Å². The number of para-hydroxylation sites is 3. The minimum absolute atomic E-state index is 0.643. The predicted octanol–water partition coefficient (Wildman–Crippen LogP) is 14.1. The van der Waals surface area contributed by atoms with Gasteiger partial charge in [-0.05, 0) is 98.4 Å². The van der Waals surface area contributed by atoms with Crippen LogP contribution in [0.1, 0.15) is 0 Å². The van der Waals surface area contributed by atoms with Gasteiger partial charge in [-0.25, -0.2) is 15.0 Å². The Labute approximate surface area is 342 Å². The van der Waals surface area contributed by atoms with Crippen LogP contribution in [-0.4, -0.2) is 19.5 Å². The van der Waals surface area contributed by atoms with Crippen molar-refractivity contribution >= 4 is 32.6 Å². The van der Waals surface area contributed by atoms with Gasteiger partial charge in [0.1, 0.15) is 5.82 Å². The summed E-state index contributed by atoms with van der Waals surface area (Å²) < 4.78 is 2.26. The molecule has 0 N–H and O–H groups in total. The van der Waals surface area contributed by atoms with Crippen molar-refractivity contribution in [2.24, 2.45) is 0 Å². The first-order chi connectivity index (χ1) is 29.2. The third-order valence-electron chi connectivity index (χ3n) is 11.2. The van der Waals surface area contributed by atoms with Gasteiger partial charge < -0.3 is 0 Å². The van der Waals surface area contributed by atoms with E-state index in [4.69, 9.17) is 15.0 Å². The number of benzene rings is 9. The topological polar surface area (TPSA) is 43.6 Å². The van der Waals surface area contributed by atoms with E-state index in [0.717, 1.165) is 72.9 Å². The fourth-order valence-corrected chi connectivity index (χ4v) is 8.34. The molecule has 2 heterocycles. The number of fused-ring (bicyclic) bond motifs is 4. The van der Waals surface area contributed by atoms with E-state index < -0.39 is 0 Å². The second-order valence-electron chi connectivity index (χ2n) is 14.9. The Balaban J connectivity index is 1.18. The molecular weight excluding hydrogens is 717 g/mol. The van der Waals surface area contributed by atoms with Crippen LogP contribution >= 0.6 is 0 Å². The van der Waals surface area contributed by atoms with Crippen LogP contribution in [-0.2, 0) is 0 Å². The van der Waals surface area contributed by atoms with Crippen molar-refractivity contribution in [2.75, 3.05) is 0 Å². The van der Waals surface area contributed by atoms with E-state index in [9.17, 15) is 0 Å². The average Bonchev–Trinajstić information content (AvgIpc) is 3.72. The van der Waals surface area contributed by atoms with Gasteiger partial charge >= 0.3 is 0 Å². The lowest BCUT2D eigenvalue weighted by Crippen LogP contribution is -2.00. The maximum atomic E-state index is 5.37. The lowest BCUT2D eigenvalue weighted by molar-refractivity contribution is 1.10. The van der Waals surface area contributed by atoms with Crippen molar-refractivity contribution in [3.63, 3.8) is 0 Å². The highest BCUT2D eigenvalue weighted by Crippen LogP contribution is 2.40. The second kappa shape index (κ2) is 14.5. The van der Waals surface area contributed by atoms with Crippen molar-refractivity contribution in [2.45, 2.75) is 0 Å². The standard InChI is InChI=1S/C55H36N4/c1-4-16-37(17-5-1)38-28-30-40(31-29-38)52-36-51(39-18-6-2-7-19-39)56-54(57-52)43-32-42(49-35-41-20-10-11-23-46(41)47-24-12-13-25-48(47)49)33-44(34-43)55-58-50-26-14-15-27-53(50)59(55)45-21-8-3-9-22-45/h1-36H. The van der Waals surface area contributed by atoms with Gasteiger partial charge in [0, 0.05) is 27.9 Å². The summed E-state index contributed by atoms with van der Waals surface area (Å²) in [5.74, 6) is 1.49. The van der Waals surface area contributed by atoms with Crippen molar-refractivity contribution in [3.05, 3.63) is 218 Å². The quantitative estimate of drug-likeness (QED) is 0.152. The van der Waals surface area contributed by atoms with Gasteiger partial charge in [0.25, 0.3) is 0 Å². The summed E-state index contributed by atoms with van der Waals surface area (Å²) in [7, 11) is 0. The van der Waals surface area contributed by atoms with Crippen LogP contribution in [0.15, 0.2) is 218 Å². The van der Waals surface area contributed by atoms with Crippen molar-refractivity contribution in [1.82, 2.24) is 19.5 Å². The monoisotopic (exact) mass is 752 g/mol. The molecule has 0 aliphatic rings. The highest BCUT2D eigenvalue weighted by Gasteiger charge is 2.20. The number of nitrogens with zero attached hydrogens (tertiary/aromatic N) is 4. The molecule has 0 atom stereocenters. The summed E-state index contributed by atoms with van der Waals surface area (Å²) >= 11 is 0. The van der Waals surface area contributed by atoms with Crippen molar-refractivity contribution < 1.29 is 0 Å². The summed E-state index contributed by atoms with van der Waals surface area (Å²) in [4.78, 5) is 16.0. The van der Waals surface area contributed by atoms with Crippen LogP contribution in [0.3, 0.4) is 0 Å². The van der Waals surface area contributed by atoms with E-state index in [2.05, 4.69) is 205 Å². The van der Waals surface area contributed by atoms with Crippen LogP contribution in [0, 0.1) is 0 Å². The average molecular weight is 753 g/mol. The van der Waals surface area contributed by atoms with E-state index in [0.29, 0.717) is 5.82 Å². The van der Waals surface area contributed by atoms with Crippen LogP contribution in [0.4, 0.5) is 0 Å². The molecule has 0 aliphatic carbocycles. The number of aromatic nitrogens is 4. The van der Waals surface area contributed by atoms with Gasteiger partial charge in [-0.1, -0.05) is 164 Å². The number of rotatable bonds is 7. The molecule has 0 spiro atoms. The Morgan fingerprint density at radius 3 is 1.59 bits per heavy atom. The molecular formula is C55H36N4. The summed E-state index contributed by atoms with van der Waals surface area (Å²) in [6.45, 7) is 0. The molecule has 0 saturated carbocycles. The number of hydrogen-bond donors (Lipinski definition) is 0. The second-order valence-corrected chi connectivity index (χ2v) is 14.9. The third-order valence-corrected chi connectivity index (χ3v) is 11.2. The molecule has 4 heteroatoms. The van der Waals surface area contributed by atoms with Crippen LogP contribution in [0.2, 0.25) is 0 Å². The molecule has 276 valence electrons. The minimum atomic E-state index is 0.643. The van der Waals surface area contributed by atoms with Gasteiger partial charge in [0.15, 0.2) is 5.82 Å². The highest BCUT2D eigenvalue weighted by molar-refractivity contribution is 6.14. The Kier molecular flexibility index (Phi) is 8.45. The maximum Gasteiger partial charge on any atom is 0.160 e. The fraction of sp³-hybridized carbons (Fsp3) is 0. The Morgan fingerprint density at radius 2 is 0.847 bits per heavy atom. The first kappa shape index (κ1) is 34.3. The van der Waals surface area contributed by atoms with Crippen LogP contribution in [0.25, 0.3) is 106 Å². The summed E-state index contributed by atoms with van der Waals surface area (Å²) in [5.41, 5.74) is 13.2. The number of hydrogen-bond acceptors (Lipinski definition) is 3. The first-order valence-corrected chi connectivity index (χ1v) is 19.9. The van der Waals surface area contributed by atoms with E-state index in [-0.39, 0.29) is 0 Å². The zero-order chi connectivity index (χ0) is 39.1. The molecule has 0 bridgehead atoms. The fourth-order valence-electron chi connectivity index (χ4n) is 8.34. The molecule has 59 heavy (non-hydrogen) atoms. The molecule has 9 aromatic carbocycles. The van der Waals surface area contributed by atoms with Gasteiger partial charge in [-0.3, -0.25) is 4.57 Å². The lowest BCUT2D eigenvalue weighted by Gasteiger charge is -2.16. The van der Waals surface area contributed by atoms with E-state index in [1.165, 1.54) is 27.1 Å². The molecule has 11 rings (SSSR count). The summed E-state index contributed by atoms with van der Waals surface area (Å²) in [6.07, 6.45) is 0. The van der Waals surface area contributed by atoms with Gasteiger partial charge in [0.2, 0.25) is 0 Å². The minimum Gasteiger partial charge on any atom is -0.292 e. The molecule has 0 fully saturated rings. The van der Waals surface area contributed by atoms with Crippen molar-refractivity contribution in [3.8, 4) is 73.2 Å². The van der Waals surface area contributed by atoms with E-state index in [1.54, 1.807) is 0 Å². The zero-order valence-electron chi connectivity index (χ0n) is 32.1. The maximum absolute atomic E-state index is 5.37. The normalized spacial score (nSPS) is 11.4. The Hall–Kier alpha value is -7.95. The van der Waals surface area contributed by atoms with Gasteiger partial charge in [-0.2, -0.15) is 0 Å².